The molecule has 1 aliphatic heterocycles. The highest BCUT2D eigenvalue weighted by Crippen LogP contribution is 2.14. The van der Waals surface area contributed by atoms with Gasteiger partial charge in [-0.25, -0.2) is 9.78 Å². The molecule has 5 nitrogen and oxygen atoms in total. The summed E-state index contributed by atoms with van der Waals surface area (Å²) in [6.45, 7) is 7.76. The van der Waals surface area contributed by atoms with Gasteiger partial charge in [0, 0.05) is 19.3 Å². The maximum Gasteiger partial charge on any atom is 0.410 e. The third-order valence-corrected chi connectivity index (χ3v) is 4.25. The zero-order valence-corrected chi connectivity index (χ0v) is 13.0. The van der Waals surface area contributed by atoms with Crippen molar-refractivity contribution in [1.29, 1.82) is 0 Å². The fourth-order valence-corrected chi connectivity index (χ4v) is 3.08. The number of hydrogen-bond acceptors (Lipinski definition) is 3. The summed E-state index contributed by atoms with van der Waals surface area (Å²) >= 11 is -0.201. The third-order valence-electron chi connectivity index (χ3n) is 2.96. The van der Waals surface area contributed by atoms with E-state index in [2.05, 4.69) is 15.3 Å². The fraction of sp³-hybridized carbons (Fsp3) is 0.667. The van der Waals surface area contributed by atoms with Crippen LogP contribution in [0.3, 0.4) is 0 Å². The van der Waals surface area contributed by atoms with Crippen molar-refractivity contribution in [3.63, 3.8) is 0 Å². The molecule has 2 heterocycles. The quantitative estimate of drug-likeness (QED) is 0.704. The monoisotopic (exact) mass is 265 g/mol. The molecule has 0 fully saturated rings. The van der Waals surface area contributed by atoms with Crippen LogP contribution in [0.1, 0.15) is 26.6 Å². The van der Waals surface area contributed by atoms with Gasteiger partial charge in [0.05, 0.1) is 6.54 Å². The van der Waals surface area contributed by atoms with Gasteiger partial charge in [-0.05, 0) is 25.3 Å². The molecule has 0 saturated carbocycles. The first-order valence-corrected chi connectivity index (χ1v) is 8.54. The molecular formula is C12H20AlN3O2. The van der Waals surface area contributed by atoms with E-state index in [9.17, 15) is 4.79 Å². The minimum atomic E-state index is -0.439. The van der Waals surface area contributed by atoms with Crippen molar-refractivity contribution in [3.05, 3.63) is 12.0 Å². The van der Waals surface area contributed by atoms with Gasteiger partial charge in [-0.15, -0.1) is 5.79 Å². The van der Waals surface area contributed by atoms with Gasteiger partial charge in [-0.2, -0.15) is 0 Å². The zero-order valence-electron chi connectivity index (χ0n) is 11.6. The van der Waals surface area contributed by atoms with Gasteiger partial charge in [0.25, 0.3) is 0 Å². The number of aromatic nitrogens is 2. The molecule has 2 rings (SSSR count). The summed E-state index contributed by atoms with van der Waals surface area (Å²) in [6, 6.07) is 0. The predicted octanol–water partition coefficient (Wildman–Crippen LogP) is 0.744. The minimum Gasteiger partial charge on any atom is -0.444 e. The molecule has 98 valence electrons. The largest absolute Gasteiger partial charge is 0.444 e. The molecule has 0 bridgehead atoms. The Bertz CT molecular complexity index is 451. The summed E-state index contributed by atoms with van der Waals surface area (Å²) < 4.78 is 9.01. The van der Waals surface area contributed by atoms with E-state index < -0.39 is 5.60 Å². The topological polar surface area (TPSA) is 47.4 Å². The van der Waals surface area contributed by atoms with Crippen LogP contribution < -0.4 is 4.56 Å². The van der Waals surface area contributed by atoms with Crippen LogP contribution in [0.25, 0.3) is 0 Å². The van der Waals surface area contributed by atoms with Gasteiger partial charge in [0.15, 0.2) is 0 Å². The fourth-order valence-electron chi connectivity index (χ4n) is 2.09. The molecule has 0 unspecified atom stereocenters. The van der Waals surface area contributed by atoms with E-state index in [1.165, 1.54) is 4.56 Å². The van der Waals surface area contributed by atoms with Crippen molar-refractivity contribution < 1.29 is 9.53 Å². The van der Waals surface area contributed by atoms with Crippen LogP contribution >= 0.6 is 0 Å². The number of hydrogen-bond donors (Lipinski definition) is 0. The van der Waals surface area contributed by atoms with Gasteiger partial charge in [-0.1, -0.05) is 0 Å². The molecule has 0 radical (unpaired) electrons. The van der Waals surface area contributed by atoms with Crippen LogP contribution in [0.5, 0.6) is 0 Å². The number of amides is 1. The van der Waals surface area contributed by atoms with Crippen molar-refractivity contribution in [2.45, 2.75) is 45.2 Å². The predicted molar refractivity (Wildman–Crippen MR) is 71.5 cm³/mol. The Balaban J connectivity index is 2.06. The average Bonchev–Trinajstić information content (AvgIpc) is 2.68. The zero-order chi connectivity index (χ0) is 13.3. The normalized spacial score (nSPS) is 15.2. The highest BCUT2D eigenvalue weighted by atomic mass is 27.1. The first-order chi connectivity index (χ1) is 8.40. The molecule has 0 aromatic carbocycles. The van der Waals surface area contributed by atoms with E-state index in [4.69, 9.17) is 4.74 Å². The molecular weight excluding hydrogens is 245 g/mol. The summed E-state index contributed by atoms with van der Waals surface area (Å²) in [5.41, 5.74) is -0.439. The minimum absolute atomic E-state index is 0.201. The van der Waals surface area contributed by atoms with E-state index in [0.29, 0.717) is 13.1 Å². The Morgan fingerprint density at radius 3 is 2.78 bits per heavy atom. The molecule has 0 spiro atoms. The molecule has 1 amide bonds. The molecule has 0 saturated heterocycles. The van der Waals surface area contributed by atoms with Crippen molar-refractivity contribution in [1.82, 2.24) is 14.5 Å². The lowest BCUT2D eigenvalue weighted by atomic mass is 10.2. The van der Waals surface area contributed by atoms with Gasteiger partial charge in [-0.3, -0.25) is 4.90 Å². The van der Waals surface area contributed by atoms with E-state index in [1.54, 1.807) is 4.90 Å². The van der Waals surface area contributed by atoms with Crippen LogP contribution in [0.2, 0.25) is 5.79 Å². The highest BCUT2D eigenvalue weighted by molar-refractivity contribution is 6.50. The maximum atomic E-state index is 12.0. The Kier molecular flexibility index (Phi) is 3.69. The Labute approximate surface area is 114 Å². The molecule has 0 N–H and O–H groups in total. The standard InChI is InChI=1S/C11H16N3O2.CH3.Al.H/c1-11(2,3)16-10(15)14-7-6-13-5-4-12-9(13)8-14;;;/h4H,6-8H2,1-3H3;1H3;;. The number of ether oxygens (including phenoxy) is 1. The molecule has 0 aliphatic carbocycles. The Hall–Kier alpha value is -0.988. The molecule has 18 heavy (non-hydrogen) atoms. The number of fused-ring (bicyclic) bond motifs is 1. The second kappa shape index (κ2) is 4.95. The van der Waals surface area contributed by atoms with Gasteiger partial charge >= 0.3 is 21.3 Å². The SMILES string of the molecule is [CH3][AlH][c]1cnc2n1CCN(C(=O)OC(C)(C)C)C2. The van der Waals surface area contributed by atoms with Crippen molar-refractivity contribution in [3.8, 4) is 0 Å². The lowest BCUT2D eigenvalue weighted by molar-refractivity contribution is 0.0196. The molecule has 1 aliphatic rings. The second-order valence-corrected chi connectivity index (χ2v) is 7.00. The van der Waals surface area contributed by atoms with Gasteiger partial charge < -0.3 is 9.30 Å². The van der Waals surface area contributed by atoms with Crippen LogP contribution in [0.15, 0.2) is 6.20 Å². The Morgan fingerprint density at radius 1 is 1.44 bits per heavy atom. The van der Waals surface area contributed by atoms with E-state index in [1.807, 2.05) is 27.0 Å². The van der Waals surface area contributed by atoms with Gasteiger partial charge in [0.1, 0.15) is 11.4 Å². The van der Waals surface area contributed by atoms with E-state index in [-0.39, 0.29) is 21.3 Å². The van der Waals surface area contributed by atoms with E-state index >= 15 is 0 Å². The number of rotatable bonds is 1. The summed E-state index contributed by atoms with van der Waals surface area (Å²) in [7, 11) is 0. The lowest BCUT2D eigenvalue weighted by Crippen LogP contribution is -2.43. The Morgan fingerprint density at radius 2 is 2.17 bits per heavy atom. The van der Waals surface area contributed by atoms with Crippen molar-refractivity contribution in [2.75, 3.05) is 6.54 Å². The number of imidazole rings is 1. The summed E-state index contributed by atoms with van der Waals surface area (Å²) in [5.74, 6) is 3.24. The van der Waals surface area contributed by atoms with Crippen molar-refractivity contribution >= 4 is 25.9 Å². The van der Waals surface area contributed by atoms with Crippen LogP contribution in [0, 0.1) is 0 Å². The third kappa shape index (κ3) is 2.88. The van der Waals surface area contributed by atoms with Crippen molar-refractivity contribution in [2.24, 2.45) is 0 Å². The summed E-state index contributed by atoms with van der Waals surface area (Å²) in [6.07, 6.45) is 1.72. The van der Waals surface area contributed by atoms with Crippen LogP contribution in [-0.2, 0) is 17.8 Å². The molecule has 6 heteroatoms. The maximum absolute atomic E-state index is 12.0. The van der Waals surface area contributed by atoms with E-state index in [0.717, 1.165) is 12.4 Å². The summed E-state index contributed by atoms with van der Waals surface area (Å²) in [5, 5.41) is 0. The molecule has 1 aromatic heterocycles. The first-order valence-electron chi connectivity index (χ1n) is 6.42. The molecule has 1 aromatic rings. The van der Waals surface area contributed by atoms with Crippen LogP contribution in [-0.4, -0.2) is 47.9 Å². The lowest BCUT2D eigenvalue weighted by Gasteiger charge is -2.31. The van der Waals surface area contributed by atoms with Gasteiger partial charge in [0.2, 0.25) is 0 Å². The highest BCUT2D eigenvalue weighted by Gasteiger charge is 2.26. The second-order valence-electron chi connectivity index (χ2n) is 5.57. The summed E-state index contributed by atoms with van der Waals surface area (Å²) in [4.78, 5) is 18.1. The first kappa shape index (κ1) is 13.4. The number of carbonyl (C=O) groups excluding carboxylic acids is 1. The smallest absolute Gasteiger partial charge is 0.410 e. The number of nitrogens with zero attached hydrogens (tertiary/aromatic N) is 3. The molecule has 0 atom stereocenters. The van der Waals surface area contributed by atoms with Crippen LogP contribution in [0.4, 0.5) is 4.79 Å². The number of carbonyl (C=O) groups is 1. The average molecular weight is 265 g/mol.